The number of amides is 1. The molecule has 1 unspecified atom stereocenters. The van der Waals surface area contributed by atoms with Gasteiger partial charge in [-0.25, -0.2) is 4.79 Å². The van der Waals surface area contributed by atoms with Gasteiger partial charge in [0.2, 0.25) is 0 Å². The van der Waals surface area contributed by atoms with Crippen molar-refractivity contribution in [2.75, 3.05) is 62.9 Å². The quantitative estimate of drug-likeness (QED) is 0.342. The van der Waals surface area contributed by atoms with E-state index in [1.54, 1.807) is 0 Å². The van der Waals surface area contributed by atoms with Gasteiger partial charge < -0.3 is 42.8 Å². The number of esters is 2. The molecule has 12 heteroatoms. The van der Waals surface area contributed by atoms with Gasteiger partial charge in [-0.15, -0.1) is 0 Å². The Morgan fingerprint density at radius 3 is 2.19 bits per heavy atom. The minimum absolute atomic E-state index is 0.0720. The summed E-state index contributed by atoms with van der Waals surface area (Å²) < 4.78 is 43.4. The molecule has 0 bridgehead atoms. The van der Waals surface area contributed by atoms with Crippen molar-refractivity contribution in [3.05, 3.63) is 0 Å². The maximum atomic E-state index is 12.8. The first-order valence-corrected chi connectivity index (χ1v) is 9.93. The van der Waals surface area contributed by atoms with E-state index in [0.29, 0.717) is 0 Å². The molecular formula is C20H35NO11. The summed E-state index contributed by atoms with van der Waals surface area (Å²) in [5.41, 5.74) is 0. The van der Waals surface area contributed by atoms with Crippen LogP contribution in [0.1, 0.15) is 13.3 Å². The fourth-order valence-corrected chi connectivity index (χ4v) is 3.78. The molecule has 0 aliphatic carbocycles. The molecule has 186 valence electrons. The second kappa shape index (κ2) is 13.0. The molecule has 1 aliphatic rings. The normalized spacial score (nSPS) is 27.3. The zero-order chi connectivity index (χ0) is 24.5. The van der Waals surface area contributed by atoms with Crippen LogP contribution in [0.15, 0.2) is 0 Å². The van der Waals surface area contributed by atoms with Crippen LogP contribution in [0.25, 0.3) is 0 Å². The topological polar surface area (TPSA) is 128 Å². The van der Waals surface area contributed by atoms with Gasteiger partial charge in [0, 0.05) is 55.9 Å². The van der Waals surface area contributed by atoms with Crippen LogP contribution in [-0.4, -0.2) is 122 Å². The van der Waals surface area contributed by atoms with E-state index in [2.05, 4.69) is 0 Å². The standard InChI is InChI=1S/C20H35NO11/c1-12(22)31-11-15(23)21(2)16-13(26-4)9-20(30-8,19(24)29-7)32-18(16)17(28-6)14(27-5)10-25-3/h13-14,16-18H,9-11H2,1-8H3/t13-,14+,16+,17+,18+,20?/m0/s1. The molecule has 1 amide bonds. The monoisotopic (exact) mass is 465 g/mol. The van der Waals surface area contributed by atoms with Crippen LogP contribution in [0, 0.1) is 0 Å². The fraction of sp³-hybridized carbons (Fsp3) is 0.850. The summed E-state index contributed by atoms with van der Waals surface area (Å²) >= 11 is 0. The van der Waals surface area contributed by atoms with Crippen LogP contribution < -0.4 is 0 Å². The highest BCUT2D eigenvalue weighted by atomic mass is 16.7. The number of rotatable bonds is 12. The number of ether oxygens (including phenoxy) is 8. The SMILES string of the molecule is COC[C@@H](OC)[C@@H](OC)[C@@H]1OC(OC)(C(=O)OC)C[C@H](OC)[C@H]1N(C)C(=O)COC(C)=O. The average Bonchev–Trinajstić information content (AvgIpc) is 2.80. The second-order valence-electron chi connectivity index (χ2n) is 7.21. The first-order valence-electron chi connectivity index (χ1n) is 9.93. The number of methoxy groups -OCH3 is 6. The van der Waals surface area contributed by atoms with Gasteiger partial charge in [-0.1, -0.05) is 0 Å². The third-order valence-corrected chi connectivity index (χ3v) is 5.48. The zero-order valence-electron chi connectivity index (χ0n) is 19.9. The third kappa shape index (κ3) is 6.36. The highest BCUT2D eigenvalue weighted by Gasteiger charge is 2.58. The Morgan fingerprint density at radius 1 is 1.09 bits per heavy atom. The highest BCUT2D eigenvalue weighted by molar-refractivity contribution is 5.81. The van der Waals surface area contributed by atoms with Crippen molar-refractivity contribution in [3.8, 4) is 0 Å². The largest absolute Gasteiger partial charge is 0.465 e. The first-order chi connectivity index (χ1) is 15.2. The van der Waals surface area contributed by atoms with Crippen molar-refractivity contribution in [1.29, 1.82) is 0 Å². The molecule has 0 spiro atoms. The molecule has 1 heterocycles. The number of carbonyl (C=O) groups excluding carboxylic acids is 3. The predicted octanol–water partition coefficient (Wildman–Crippen LogP) is -0.627. The van der Waals surface area contributed by atoms with Gasteiger partial charge in [-0.3, -0.25) is 9.59 Å². The summed E-state index contributed by atoms with van der Waals surface area (Å²) in [6.07, 6.45) is -3.23. The highest BCUT2D eigenvalue weighted by Crippen LogP contribution is 2.37. The van der Waals surface area contributed by atoms with E-state index in [1.807, 2.05) is 0 Å². The molecule has 6 atom stereocenters. The van der Waals surface area contributed by atoms with Crippen LogP contribution >= 0.6 is 0 Å². The Hall–Kier alpha value is -1.83. The lowest BCUT2D eigenvalue weighted by atomic mass is 9.87. The van der Waals surface area contributed by atoms with Crippen molar-refractivity contribution < 1.29 is 52.3 Å². The van der Waals surface area contributed by atoms with Gasteiger partial charge in [-0.2, -0.15) is 0 Å². The van der Waals surface area contributed by atoms with E-state index >= 15 is 0 Å². The number of hydrogen-bond acceptors (Lipinski definition) is 11. The van der Waals surface area contributed by atoms with Crippen molar-refractivity contribution in [2.45, 2.75) is 49.6 Å². The Labute approximate surface area is 188 Å². The van der Waals surface area contributed by atoms with E-state index < -0.39 is 60.7 Å². The second-order valence-corrected chi connectivity index (χ2v) is 7.21. The zero-order valence-corrected chi connectivity index (χ0v) is 19.9. The molecule has 0 aromatic heterocycles. The molecule has 32 heavy (non-hydrogen) atoms. The van der Waals surface area contributed by atoms with E-state index in [1.165, 1.54) is 61.5 Å². The maximum absolute atomic E-state index is 12.8. The first kappa shape index (κ1) is 28.2. The van der Waals surface area contributed by atoms with E-state index in [-0.39, 0.29) is 13.0 Å². The predicted molar refractivity (Wildman–Crippen MR) is 109 cm³/mol. The van der Waals surface area contributed by atoms with Crippen LogP contribution in [0.5, 0.6) is 0 Å². The smallest absolute Gasteiger partial charge is 0.366 e. The molecular weight excluding hydrogens is 430 g/mol. The van der Waals surface area contributed by atoms with Gasteiger partial charge >= 0.3 is 11.9 Å². The van der Waals surface area contributed by atoms with Crippen molar-refractivity contribution >= 4 is 17.8 Å². The maximum Gasteiger partial charge on any atom is 0.366 e. The number of hydrogen-bond donors (Lipinski definition) is 0. The fourth-order valence-electron chi connectivity index (χ4n) is 3.78. The molecule has 0 saturated carbocycles. The lowest BCUT2D eigenvalue weighted by molar-refractivity contribution is -0.316. The summed E-state index contributed by atoms with van der Waals surface area (Å²) in [5.74, 6) is -3.67. The van der Waals surface area contributed by atoms with Gasteiger partial charge in [0.15, 0.2) is 6.61 Å². The number of likely N-dealkylation sites (N-methyl/N-ethyl adjacent to an activating group) is 1. The molecule has 0 aromatic carbocycles. The summed E-state index contributed by atoms with van der Waals surface area (Å²) in [7, 11) is 9.88. The van der Waals surface area contributed by atoms with Crippen LogP contribution in [0.4, 0.5) is 0 Å². The molecule has 0 N–H and O–H groups in total. The molecule has 0 aromatic rings. The molecule has 1 rings (SSSR count). The van der Waals surface area contributed by atoms with Gasteiger partial charge in [-0.05, 0) is 0 Å². The molecule has 12 nitrogen and oxygen atoms in total. The van der Waals surface area contributed by atoms with Crippen molar-refractivity contribution in [2.24, 2.45) is 0 Å². The Kier molecular flexibility index (Phi) is 11.5. The van der Waals surface area contributed by atoms with E-state index in [9.17, 15) is 14.4 Å². The van der Waals surface area contributed by atoms with Gasteiger partial charge in [0.05, 0.1) is 25.9 Å². The molecule has 1 fully saturated rings. The Morgan fingerprint density at radius 2 is 1.75 bits per heavy atom. The lowest BCUT2D eigenvalue weighted by Crippen LogP contribution is -2.69. The molecule has 1 aliphatic heterocycles. The molecule has 1 saturated heterocycles. The number of carbonyl (C=O) groups is 3. The van der Waals surface area contributed by atoms with Crippen LogP contribution in [0.2, 0.25) is 0 Å². The summed E-state index contributed by atoms with van der Waals surface area (Å²) in [6.45, 7) is 0.875. The average molecular weight is 465 g/mol. The molecule has 0 radical (unpaired) electrons. The Bertz CT molecular complexity index is 631. The summed E-state index contributed by atoms with van der Waals surface area (Å²) in [5, 5.41) is 0. The summed E-state index contributed by atoms with van der Waals surface area (Å²) in [6, 6.07) is -0.768. The number of nitrogens with zero attached hydrogens (tertiary/aromatic N) is 1. The van der Waals surface area contributed by atoms with E-state index in [0.717, 1.165) is 0 Å². The van der Waals surface area contributed by atoms with Crippen LogP contribution in [-0.2, 0) is 52.3 Å². The van der Waals surface area contributed by atoms with Crippen molar-refractivity contribution in [3.63, 3.8) is 0 Å². The minimum atomic E-state index is -1.81. The lowest BCUT2D eigenvalue weighted by Gasteiger charge is -2.50. The van der Waals surface area contributed by atoms with Crippen LogP contribution in [0.3, 0.4) is 0 Å². The van der Waals surface area contributed by atoms with Gasteiger partial charge in [0.25, 0.3) is 11.7 Å². The third-order valence-electron chi connectivity index (χ3n) is 5.48. The summed E-state index contributed by atoms with van der Waals surface area (Å²) in [4.78, 5) is 37.9. The van der Waals surface area contributed by atoms with Crippen molar-refractivity contribution in [1.82, 2.24) is 4.90 Å². The Balaban J connectivity index is 3.47. The van der Waals surface area contributed by atoms with E-state index in [4.69, 9.17) is 37.9 Å². The van der Waals surface area contributed by atoms with Gasteiger partial charge in [0.1, 0.15) is 18.3 Å². The minimum Gasteiger partial charge on any atom is -0.465 e.